The average Bonchev–Trinajstić information content (AvgIpc) is 3.30. The third-order valence-electron chi connectivity index (χ3n) is 4.65. The molecule has 0 radical (unpaired) electrons. The summed E-state index contributed by atoms with van der Waals surface area (Å²) in [5.74, 6) is -1.18. The maximum Gasteiger partial charge on any atom is 0.471 e. The van der Waals surface area contributed by atoms with Gasteiger partial charge in [-0.05, 0) is 25.3 Å². The molecule has 26 heavy (non-hydrogen) atoms. The van der Waals surface area contributed by atoms with E-state index >= 15 is 0 Å². The van der Waals surface area contributed by atoms with Crippen molar-refractivity contribution in [3.63, 3.8) is 0 Å². The second-order valence-corrected chi connectivity index (χ2v) is 6.45. The fourth-order valence-corrected chi connectivity index (χ4v) is 3.21. The lowest BCUT2D eigenvalue weighted by Gasteiger charge is -2.24. The van der Waals surface area contributed by atoms with Crippen LogP contribution in [0.25, 0.3) is 11.4 Å². The van der Waals surface area contributed by atoms with E-state index in [0.29, 0.717) is 18.7 Å². The monoisotopic (exact) mass is 367 g/mol. The van der Waals surface area contributed by atoms with E-state index in [2.05, 4.69) is 14.7 Å². The fourth-order valence-electron chi connectivity index (χ4n) is 3.21. The summed E-state index contributed by atoms with van der Waals surface area (Å²) < 4.78 is 41.8. The minimum Gasteiger partial charge on any atom is -0.338 e. The van der Waals surface area contributed by atoms with E-state index in [9.17, 15) is 18.0 Å². The summed E-state index contributed by atoms with van der Waals surface area (Å²) in [5, 5.41) is 3.37. The summed E-state index contributed by atoms with van der Waals surface area (Å²) in [7, 11) is 0. The van der Waals surface area contributed by atoms with Crippen LogP contribution in [-0.2, 0) is 17.5 Å². The summed E-state index contributed by atoms with van der Waals surface area (Å²) in [6.07, 6.45) is -0.546. The lowest BCUT2D eigenvalue weighted by Crippen LogP contribution is -2.34. The van der Waals surface area contributed by atoms with Gasteiger partial charge < -0.3 is 9.42 Å². The van der Waals surface area contributed by atoms with Crippen molar-refractivity contribution < 1.29 is 22.5 Å². The van der Waals surface area contributed by atoms with E-state index in [-0.39, 0.29) is 17.6 Å². The Labute approximate surface area is 149 Å². The highest BCUT2D eigenvalue weighted by Crippen LogP contribution is 2.30. The zero-order valence-electron chi connectivity index (χ0n) is 14.4. The van der Waals surface area contributed by atoms with Crippen molar-refractivity contribution in [2.45, 2.75) is 45.3 Å². The molecule has 1 aromatic heterocycles. The van der Waals surface area contributed by atoms with Gasteiger partial charge in [-0.25, -0.2) is 0 Å². The standard InChI is InChI=1S/C18H20F3N3O2/c1-2-24(16(25)14-5-3-4-6-14)11-12-7-9-13(10-8-12)15-22-17(26-23-15)18(19,20)21/h7-10,14H,2-6,11H2,1H3. The van der Waals surface area contributed by atoms with Crippen LogP contribution in [0.3, 0.4) is 0 Å². The number of aromatic nitrogens is 2. The first kappa shape index (κ1) is 18.4. The quantitative estimate of drug-likeness (QED) is 0.791. The molecule has 0 N–H and O–H groups in total. The smallest absolute Gasteiger partial charge is 0.338 e. The molecule has 1 aliphatic carbocycles. The second kappa shape index (κ2) is 7.47. The van der Waals surface area contributed by atoms with Gasteiger partial charge in [0.2, 0.25) is 11.7 Å². The van der Waals surface area contributed by atoms with E-state index in [1.807, 2.05) is 11.8 Å². The van der Waals surface area contributed by atoms with E-state index in [1.54, 1.807) is 24.3 Å². The molecule has 1 saturated carbocycles. The molecule has 0 unspecified atom stereocenters. The molecule has 0 saturated heterocycles. The molecular weight excluding hydrogens is 347 g/mol. The molecule has 0 atom stereocenters. The van der Waals surface area contributed by atoms with Crippen molar-refractivity contribution >= 4 is 5.91 Å². The van der Waals surface area contributed by atoms with Crippen molar-refractivity contribution in [1.82, 2.24) is 15.0 Å². The zero-order valence-corrected chi connectivity index (χ0v) is 14.4. The zero-order chi connectivity index (χ0) is 18.7. The summed E-state index contributed by atoms with van der Waals surface area (Å²) >= 11 is 0. The molecule has 0 spiro atoms. The number of carbonyl (C=O) groups excluding carboxylic acids is 1. The van der Waals surface area contributed by atoms with Crippen LogP contribution in [0.2, 0.25) is 0 Å². The minimum absolute atomic E-state index is 0.113. The van der Waals surface area contributed by atoms with E-state index in [0.717, 1.165) is 31.2 Å². The van der Waals surface area contributed by atoms with Gasteiger partial charge in [0.05, 0.1) is 0 Å². The summed E-state index contributed by atoms with van der Waals surface area (Å²) in [4.78, 5) is 17.7. The Bertz CT molecular complexity index is 750. The average molecular weight is 367 g/mol. The highest BCUT2D eigenvalue weighted by Gasteiger charge is 2.38. The van der Waals surface area contributed by atoms with Gasteiger partial charge in [0, 0.05) is 24.6 Å². The molecular formula is C18H20F3N3O2. The van der Waals surface area contributed by atoms with E-state index in [1.165, 1.54) is 0 Å². The SMILES string of the molecule is CCN(Cc1ccc(-c2noc(C(F)(F)F)n2)cc1)C(=O)C1CCCC1. The van der Waals surface area contributed by atoms with Gasteiger partial charge in [0.15, 0.2) is 0 Å². The molecule has 1 aromatic carbocycles. The van der Waals surface area contributed by atoms with Crippen molar-refractivity contribution in [3.05, 3.63) is 35.7 Å². The molecule has 0 bridgehead atoms. The number of carbonyl (C=O) groups is 1. The highest BCUT2D eigenvalue weighted by atomic mass is 19.4. The van der Waals surface area contributed by atoms with Crippen molar-refractivity contribution in [2.24, 2.45) is 5.92 Å². The number of rotatable bonds is 5. The molecule has 1 aliphatic rings. The molecule has 2 aromatic rings. The lowest BCUT2D eigenvalue weighted by molar-refractivity contribution is -0.159. The molecule has 3 rings (SSSR count). The van der Waals surface area contributed by atoms with Gasteiger partial charge in [-0.2, -0.15) is 18.2 Å². The number of hydrogen-bond donors (Lipinski definition) is 0. The molecule has 140 valence electrons. The Kier molecular flexibility index (Phi) is 5.29. The van der Waals surface area contributed by atoms with Crippen LogP contribution in [0, 0.1) is 5.92 Å². The van der Waals surface area contributed by atoms with Gasteiger partial charge in [-0.15, -0.1) is 0 Å². The first-order valence-corrected chi connectivity index (χ1v) is 8.67. The van der Waals surface area contributed by atoms with Crippen LogP contribution >= 0.6 is 0 Å². The van der Waals surface area contributed by atoms with Crippen LogP contribution in [0.5, 0.6) is 0 Å². The van der Waals surface area contributed by atoms with Gasteiger partial charge in [0.25, 0.3) is 0 Å². The maximum atomic E-state index is 12.6. The number of amides is 1. The van der Waals surface area contributed by atoms with Gasteiger partial charge >= 0.3 is 12.1 Å². The Hall–Kier alpha value is -2.38. The van der Waals surface area contributed by atoms with Crippen molar-refractivity contribution in [3.8, 4) is 11.4 Å². The Balaban J connectivity index is 1.68. The van der Waals surface area contributed by atoms with Gasteiger partial charge in [-0.3, -0.25) is 4.79 Å². The number of hydrogen-bond acceptors (Lipinski definition) is 4. The summed E-state index contributed by atoms with van der Waals surface area (Å²) in [6.45, 7) is 3.04. The van der Waals surface area contributed by atoms with Crippen molar-refractivity contribution in [1.29, 1.82) is 0 Å². The Morgan fingerprint density at radius 2 is 1.88 bits per heavy atom. The van der Waals surface area contributed by atoms with Crippen LogP contribution in [0.15, 0.2) is 28.8 Å². The second-order valence-electron chi connectivity index (χ2n) is 6.45. The molecule has 5 nitrogen and oxygen atoms in total. The van der Waals surface area contributed by atoms with Gasteiger partial charge in [-0.1, -0.05) is 42.3 Å². The topological polar surface area (TPSA) is 59.2 Å². The van der Waals surface area contributed by atoms with Crippen molar-refractivity contribution in [2.75, 3.05) is 6.54 Å². The van der Waals surface area contributed by atoms with Crippen LogP contribution in [-0.4, -0.2) is 27.5 Å². The number of halogens is 3. The number of benzene rings is 1. The number of nitrogens with zero attached hydrogens (tertiary/aromatic N) is 3. The van der Waals surface area contributed by atoms with E-state index < -0.39 is 12.1 Å². The lowest BCUT2D eigenvalue weighted by atomic mass is 10.1. The minimum atomic E-state index is -4.66. The molecule has 1 amide bonds. The highest BCUT2D eigenvalue weighted by molar-refractivity contribution is 5.79. The molecule has 1 heterocycles. The fraction of sp³-hybridized carbons (Fsp3) is 0.500. The predicted octanol–water partition coefficient (Wildman–Crippen LogP) is 4.29. The summed E-state index contributed by atoms with van der Waals surface area (Å²) in [6, 6.07) is 6.80. The largest absolute Gasteiger partial charge is 0.471 e. The molecule has 0 aliphatic heterocycles. The molecule has 1 fully saturated rings. The molecule has 8 heteroatoms. The maximum absolute atomic E-state index is 12.6. The Morgan fingerprint density at radius 1 is 1.23 bits per heavy atom. The third-order valence-corrected chi connectivity index (χ3v) is 4.65. The van der Waals surface area contributed by atoms with Crippen LogP contribution < -0.4 is 0 Å². The van der Waals surface area contributed by atoms with Gasteiger partial charge in [0.1, 0.15) is 0 Å². The Morgan fingerprint density at radius 3 is 2.42 bits per heavy atom. The first-order valence-electron chi connectivity index (χ1n) is 8.67. The third kappa shape index (κ3) is 4.05. The van der Waals surface area contributed by atoms with Crippen LogP contribution in [0.1, 0.15) is 44.1 Å². The van der Waals surface area contributed by atoms with E-state index in [4.69, 9.17) is 0 Å². The predicted molar refractivity (Wildman–Crippen MR) is 87.8 cm³/mol. The summed E-state index contributed by atoms with van der Waals surface area (Å²) in [5.41, 5.74) is 1.33. The first-order chi connectivity index (χ1) is 12.4. The normalized spacial score (nSPS) is 15.4. The number of alkyl halides is 3. The van der Waals surface area contributed by atoms with Crippen LogP contribution in [0.4, 0.5) is 13.2 Å².